The van der Waals surface area contributed by atoms with Crippen molar-refractivity contribution >= 4 is 13.7 Å². The van der Waals surface area contributed by atoms with Gasteiger partial charge in [0.1, 0.15) is 0 Å². The molecule has 5 N–H and O–H groups in total. The monoisotopic (exact) mass is 857 g/mol. The Morgan fingerprint density at radius 1 is 0.542 bits per heavy atom. The summed E-state index contributed by atoms with van der Waals surface area (Å²) in [7, 11) is -4.33. The van der Waals surface area contributed by atoms with E-state index in [-0.39, 0.29) is 25.7 Å². The van der Waals surface area contributed by atoms with Gasteiger partial charge in [0.25, 0.3) is 0 Å². The lowest BCUT2D eigenvalue weighted by atomic mass is 10.0. The van der Waals surface area contributed by atoms with E-state index in [2.05, 4.69) is 19.2 Å². The highest BCUT2D eigenvalue weighted by molar-refractivity contribution is 7.47. The number of hydrogen-bond acceptors (Lipinski definition) is 6. The van der Waals surface area contributed by atoms with E-state index >= 15 is 0 Å². The van der Waals surface area contributed by atoms with Crippen molar-refractivity contribution < 1.29 is 28.4 Å². The van der Waals surface area contributed by atoms with E-state index in [1.54, 1.807) is 6.08 Å². The maximum atomic E-state index is 12.8. The summed E-state index contributed by atoms with van der Waals surface area (Å²) in [6.07, 6.45) is 54.4. The topological polar surface area (TPSA) is 131 Å². The molecule has 0 aromatic rings. The zero-order chi connectivity index (χ0) is 43.2. The molecule has 0 aliphatic heterocycles. The van der Waals surface area contributed by atoms with Gasteiger partial charge in [0, 0.05) is 13.0 Å². The number of aliphatic hydroxyl groups is 1. The van der Waals surface area contributed by atoms with Gasteiger partial charge in [-0.15, -0.1) is 0 Å². The van der Waals surface area contributed by atoms with Crippen molar-refractivity contribution in [1.29, 1.82) is 0 Å². The van der Waals surface area contributed by atoms with Gasteiger partial charge in [-0.1, -0.05) is 257 Å². The number of rotatable bonds is 49. The Morgan fingerprint density at radius 2 is 0.864 bits per heavy atom. The Bertz CT molecular complexity index is 937. The fraction of sp³-hybridized carbons (Fsp3) is 0.940. The molecule has 8 nitrogen and oxygen atoms in total. The summed E-state index contributed by atoms with van der Waals surface area (Å²) in [4.78, 5) is 22.8. The molecule has 9 heteroatoms. The van der Waals surface area contributed by atoms with Gasteiger partial charge in [-0.3, -0.25) is 13.8 Å². The van der Waals surface area contributed by atoms with Crippen molar-refractivity contribution in [3.8, 4) is 0 Å². The summed E-state index contributed by atoms with van der Waals surface area (Å²) in [5.41, 5.74) is 5.38. The third-order valence-electron chi connectivity index (χ3n) is 11.9. The SMILES string of the molecule is CCCCCCCCCCCC/C=C/[C@@H](O)[C@H](COP(=O)(O)OCCN)NC(=O)CCCCCCCCCCCCCCCCCCCCCCCCCCCCCC. The van der Waals surface area contributed by atoms with Gasteiger partial charge in [0.05, 0.1) is 25.4 Å². The van der Waals surface area contributed by atoms with Crippen LogP contribution in [0.3, 0.4) is 0 Å². The largest absolute Gasteiger partial charge is 0.472 e. The summed E-state index contributed by atoms with van der Waals surface area (Å²) >= 11 is 0. The second-order valence-corrected chi connectivity index (χ2v) is 19.2. The third-order valence-corrected chi connectivity index (χ3v) is 12.8. The molecular formula is C50H101N2O6P. The van der Waals surface area contributed by atoms with Crippen molar-refractivity contribution in [2.24, 2.45) is 5.73 Å². The van der Waals surface area contributed by atoms with Gasteiger partial charge in [-0.25, -0.2) is 4.57 Å². The first-order valence-electron chi connectivity index (χ1n) is 25.8. The Morgan fingerprint density at radius 3 is 1.20 bits per heavy atom. The molecule has 0 radical (unpaired) electrons. The molecule has 0 spiro atoms. The molecule has 3 atom stereocenters. The number of nitrogens with two attached hydrogens (primary N) is 1. The van der Waals surface area contributed by atoms with Gasteiger partial charge in [0.2, 0.25) is 5.91 Å². The quantitative estimate of drug-likeness (QED) is 0.0272. The number of unbranched alkanes of at least 4 members (excludes halogenated alkanes) is 37. The third kappa shape index (κ3) is 45.1. The minimum Gasteiger partial charge on any atom is -0.387 e. The Balaban J connectivity index is 3.89. The van der Waals surface area contributed by atoms with Gasteiger partial charge >= 0.3 is 7.82 Å². The Labute approximate surface area is 366 Å². The molecule has 0 aromatic heterocycles. The van der Waals surface area contributed by atoms with Crippen LogP contribution in [0.4, 0.5) is 0 Å². The number of carbonyl (C=O) groups excluding carboxylic acids is 1. The highest BCUT2D eigenvalue weighted by atomic mass is 31.2. The van der Waals surface area contributed by atoms with E-state index in [4.69, 9.17) is 14.8 Å². The molecule has 0 rings (SSSR count). The molecule has 1 amide bonds. The number of phosphoric ester groups is 1. The van der Waals surface area contributed by atoms with E-state index in [1.165, 1.54) is 212 Å². The number of carbonyl (C=O) groups is 1. The van der Waals surface area contributed by atoms with Gasteiger partial charge in [-0.2, -0.15) is 0 Å². The molecule has 0 heterocycles. The predicted molar refractivity (Wildman–Crippen MR) is 254 cm³/mol. The first-order chi connectivity index (χ1) is 28.9. The van der Waals surface area contributed by atoms with E-state index in [1.807, 2.05) is 6.08 Å². The summed E-state index contributed by atoms with van der Waals surface area (Å²) in [5.74, 6) is -0.189. The van der Waals surface area contributed by atoms with Crippen molar-refractivity contribution in [2.45, 2.75) is 283 Å². The average molecular weight is 857 g/mol. The molecule has 0 aliphatic rings. The fourth-order valence-electron chi connectivity index (χ4n) is 7.96. The lowest BCUT2D eigenvalue weighted by Crippen LogP contribution is -2.45. The molecule has 0 fully saturated rings. The molecule has 0 aromatic carbocycles. The van der Waals surface area contributed by atoms with Crippen LogP contribution in [-0.4, -0.2) is 47.8 Å². The fourth-order valence-corrected chi connectivity index (χ4v) is 8.72. The van der Waals surface area contributed by atoms with Crippen LogP contribution >= 0.6 is 7.82 Å². The number of amides is 1. The molecule has 0 saturated heterocycles. The number of nitrogens with one attached hydrogen (secondary N) is 1. The van der Waals surface area contributed by atoms with E-state index in [0.717, 1.165) is 38.5 Å². The number of aliphatic hydroxyl groups excluding tert-OH is 1. The number of allylic oxidation sites excluding steroid dienone is 1. The zero-order valence-corrected chi connectivity index (χ0v) is 40.2. The lowest BCUT2D eigenvalue weighted by Gasteiger charge is -2.23. The Hall–Kier alpha value is -0.760. The summed E-state index contributed by atoms with van der Waals surface area (Å²) in [6, 6.07) is -0.854. The number of hydrogen-bond donors (Lipinski definition) is 4. The first-order valence-corrected chi connectivity index (χ1v) is 27.3. The van der Waals surface area contributed by atoms with E-state index in [0.29, 0.717) is 6.42 Å². The standard InChI is InChI=1S/C50H101N2O6P/c1-3-5-7-9-11-13-15-17-18-19-20-21-22-23-24-25-26-27-28-29-30-31-32-34-36-38-40-42-44-50(54)52-48(47-58-59(55,56)57-46-45-51)49(53)43-41-39-37-35-33-16-14-12-10-8-6-4-2/h41,43,48-49,53H,3-40,42,44-47,51H2,1-2H3,(H,52,54)(H,55,56)/b43-41+/t48-,49+/m0/s1. The minimum atomic E-state index is -4.33. The highest BCUT2D eigenvalue weighted by Gasteiger charge is 2.26. The van der Waals surface area contributed by atoms with Crippen LogP contribution in [-0.2, 0) is 18.4 Å². The smallest absolute Gasteiger partial charge is 0.387 e. The molecule has 352 valence electrons. The van der Waals surface area contributed by atoms with Crippen molar-refractivity contribution in [3.63, 3.8) is 0 Å². The van der Waals surface area contributed by atoms with Gasteiger partial charge in [-0.05, 0) is 19.3 Å². The molecule has 1 unspecified atom stereocenters. The van der Waals surface area contributed by atoms with Crippen LogP contribution < -0.4 is 11.1 Å². The van der Waals surface area contributed by atoms with E-state index < -0.39 is 20.0 Å². The summed E-state index contributed by atoms with van der Waals surface area (Å²) in [6.45, 7) is 4.16. The van der Waals surface area contributed by atoms with Gasteiger partial charge in [0.15, 0.2) is 0 Å². The van der Waals surface area contributed by atoms with Gasteiger partial charge < -0.3 is 21.1 Å². The van der Waals surface area contributed by atoms with E-state index in [9.17, 15) is 19.4 Å². The highest BCUT2D eigenvalue weighted by Crippen LogP contribution is 2.43. The average Bonchev–Trinajstić information content (AvgIpc) is 3.22. The molecule has 0 bridgehead atoms. The lowest BCUT2D eigenvalue weighted by molar-refractivity contribution is -0.123. The van der Waals surface area contributed by atoms with Crippen molar-refractivity contribution in [2.75, 3.05) is 19.8 Å². The number of phosphoric acid groups is 1. The zero-order valence-electron chi connectivity index (χ0n) is 39.3. The normalized spacial score (nSPS) is 13.9. The summed E-state index contributed by atoms with van der Waals surface area (Å²) in [5, 5.41) is 13.7. The molecular weight excluding hydrogens is 756 g/mol. The van der Waals surface area contributed by atoms with Crippen molar-refractivity contribution in [3.05, 3.63) is 12.2 Å². The molecule has 0 aliphatic carbocycles. The minimum absolute atomic E-state index is 0.0814. The second-order valence-electron chi connectivity index (χ2n) is 17.7. The first kappa shape index (κ1) is 58.2. The maximum absolute atomic E-state index is 12.8. The van der Waals surface area contributed by atoms with Crippen LogP contribution in [0.15, 0.2) is 12.2 Å². The predicted octanol–water partition coefficient (Wildman–Crippen LogP) is 15.1. The van der Waals surface area contributed by atoms with Crippen LogP contribution in [0, 0.1) is 0 Å². The van der Waals surface area contributed by atoms with Crippen LogP contribution in [0.2, 0.25) is 0 Å². The second kappa shape index (κ2) is 46.7. The van der Waals surface area contributed by atoms with Crippen molar-refractivity contribution in [1.82, 2.24) is 5.32 Å². The van der Waals surface area contributed by atoms with Crippen LogP contribution in [0.25, 0.3) is 0 Å². The maximum Gasteiger partial charge on any atom is 0.472 e. The Kier molecular flexibility index (Phi) is 46.1. The molecule has 0 saturated carbocycles. The molecule has 59 heavy (non-hydrogen) atoms. The van der Waals surface area contributed by atoms with Crippen LogP contribution in [0.5, 0.6) is 0 Å². The summed E-state index contributed by atoms with van der Waals surface area (Å²) < 4.78 is 22.2. The van der Waals surface area contributed by atoms with Crippen LogP contribution in [0.1, 0.15) is 271 Å².